The summed E-state index contributed by atoms with van der Waals surface area (Å²) in [4.78, 5) is 25.4. The maximum Gasteiger partial charge on any atom is 0.310 e. The maximum atomic E-state index is 12.2. The summed E-state index contributed by atoms with van der Waals surface area (Å²) in [6, 6.07) is 7.72. The van der Waals surface area contributed by atoms with E-state index in [9.17, 15) is 9.59 Å². The van der Waals surface area contributed by atoms with Crippen LogP contribution < -0.4 is 0 Å². The summed E-state index contributed by atoms with van der Waals surface area (Å²) in [7, 11) is 1.39. The minimum atomic E-state index is -0.232. The molecule has 1 aliphatic heterocycles. The number of nitrogens with zero attached hydrogens (tertiary/aromatic N) is 1. The number of halogens is 1. The summed E-state index contributed by atoms with van der Waals surface area (Å²) in [5.41, 5.74) is 0.966. The Morgan fingerprint density at radius 1 is 1.33 bits per heavy atom. The first-order valence-electron chi connectivity index (χ1n) is 6.90. The molecule has 0 bridgehead atoms. The number of hydrogen-bond donors (Lipinski definition) is 0. The van der Waals surface area contributed by atoms with Crippen LogP contribution in [0.5, 0.6) is 0 Å². The molecule has 0 radical (unpaired) electrons. The van der Waals surface area contributed by atoms with E-state index in [2.05, 4.69) is 15.9 Å². The topological polar surface area (TPSA) is 46.6 Å². The normalized spacial score (nSPS) is 18.8. The summed E-state index contributed by atoms with van der Waals surface area (Å²) in [5.74, 6) is -0.496. The van der Waals surface area contributed by atoms with Crippen LogP contribution in [0, 0.1) is 5.92 Å². The third-order valence-corrected chi connectivity index (χ3v) is 4.08. The highest BCUT2D eigenvalue weighted by atomic mass is 79.9. The number of benzene rings is 1. The first-order valence-corrected chi connectivity index (χ1v) is 7.70. The molecule has 0 saturated carbocycles. The average molecular weight is 352 g/mol. The zero-order chi connectivity index (χ0) is 15.2. The number of rotatable bonds is 3. The first-order chi connectivity index (χ1) is 10.1. The lowest BCUT2D eigenvalue weighted by Crippen LogP contribution is -2.41. The Kier molecular flexibility index (Phi) is 5.56. The third-order valence-electron chi connectivity index (χ3n) is 3.56. The van der Waals surface area contributed by atoms with Crippen LogP contribution in [0.1, 0.15) is 18.4 Å². The third kappa shape index (κ3) is 4.43. The van der Waals surface area contributed by atoms with Crippen LogP contribution in [-0.2, 0) is 14.3 Å². The highest BCUT2D eigenvalue weighted by Crippen LogP contribution is 2.18. The van der Waals surface area contributed by atoms with Crippen molar-refractivity contribution in [3.8, 4) is 0 Å². The van der Waals surface area contributed by atoms with Gasteiger partial charge in [-0.25, -0.2) is 0 Å². The SMILES string of the molecule is COC(=O)[C@H]1CCCN(C(=O)/C=C/c2ccc(Br)cc2)C1. The first kappa shape index (κ1) is 15.8. The van der Waals surface area contributed by atoms with Gasteiger partial charge in [0, 0.05) is 23.6 Å². The van der Waals surface area contributed by atoms with Gasteiger partial charge < -0.3 is 9.64 Å². The summed E-state index contributed by atoms with van der Waals surface area (Å²) in [6.45, 7) is 1.13. The second kappa shape index (κ2) is 7.41. The van der Waals surface area contributed by atoms with Crippen LogP contribution in [0.15, 0.2) is 34.8 Å². The fraction of sp³-hybridized carbons (Fsp3) is 0.375. The maximum absolute atomic E-state index is 12.2. The zero-order valence-electron chi connectivity index (χ0n) is 11.9. The van der Waals surface area contributed by atoms with Gasteiger partial charge in [0.1, 0.15) is 0 Å². The van der Waals surface area contributed by atoms with Crippen molar-refractivity contribution in [1.29, 1.82) is 0 Å². The van der Waals surface area contributed by atoms with Gasteiger partial charge >= 0.3 is 5.97 Å². The molecule has 0 aliphatic carbocycles. The van der Waals surface area contributed by atoms with Gasteiger partial charge in [0.2, 0.25) is 5.91 Å². The number of methoxy groups -OCH3 is 1. The summed E-state index contributed by atoms with van der Waals surface area (Å²) in [6.07, 6.45) is 4.96. The molecule has 1 saturated heterocycles. The fourth-order valence-electron chi connectivity index (χ4n) is 2.38. The molecule has 112 valence electrons. The van der Waals surface area contributed by atoms with Crippen molar-refractivity contribution in [2.75, 3.05) is 20.2 Å². The number of amides is 1. The molecule has 21 heavy (non-hydrogen) atoms. The number of carbonyl (C=O) groups is 2. The van der Waals surface area contributed by atoms with Gasteiger partial charge in [-0.15, -0.1) is 0 Å². The molecule has 0 aromatic heterocycles. The van der Waals surface area contributed by atoms with Crippen LogP contribution in [0.3, 0.4) is 0 Å². The van der Waals surface area contributed by atoms with Crippen molar-refractivity contribution in [2.45, 2.75) is 12.8 Å². The zero-order valence-corrected chi connectivity index (χ0v) is 13.5. The molecule has 1 aliphatic rings. The lowest BCUT2D eigenvalue weighted by atomic mass is 9.98. The van der Waals surface area contributed by atoms with E-state index in [0.717, 1.165) is 22.9 Å². The lowest BCUT2D eigenvalue weighted by molar-refractivity contribution is -0.148. The van der Waals surface area contributed by atoms with Gasteiger partial charge in [-0.05, 0) is 36.6 Å². The fourth-order valence-corrected chi connectivity index (χ4v) is 2.65. The Labute approximate surface area is 132 Å². The molecule has 1 atom stereocenters. The van der Waals surface area contributed by atoms with Gasteiger partial charge in [0.15, 0.2) is 0 Å². The molecular formula is C16H18BrNO3. The van der Waals surface area contributed by atoms with E-state index < -0.39 is 0 Å². The molecule has 1 amide bonds. The number of hydrogen-bond acceptors (Lipinski definition) is 3. The summed E-state index contributed by atoms with van der Waals surface area (Å²) in [5, 5.41) is 0. The van der Waals surface area contributed by atoms with Gasteiger partial charge in [0.25, 0.3) is 0 Å². The van der Waals surface area contributed by atoms with E-state index in [1.807, 2.05) is 24.3 Å². The molecular weight excluding hydrogens is 334 g/mol. The molecule has 0 N–H and O–H groups in total. The molecule has 2 rings (SSSR count). The molecule has 1 heterocycles. The standard InChI is InChI=1S/C16H18BrNO3/c1-21-16(20)13-3-2-10-18(11-13)15(19)9-6-12-4-7-14(17)8-5-12/h4-9,13H,2-3,10-11H2,1H3/b9-6+/t13-/m0/s1. The van der Waals surface area contributed by atoms with Crippen LogP contribution in [0.4, 0.5) is 0 Å². The Bertz CT molecular complexity index is 539. The van der Waals surface area contributed by atoms with Crippen LogP contribution in [0.2, 0.25) is 0 Å². The van der Waals surface area contributed by atoms with E-state index in [0.29, 0.717) is 13.1 Å². The number of carbonyl (C=O) groups excluding carboxylic acids is 2. The van der Waals surface area contributed by atoms with E-state index >= 15 is 0 Å². The van der Waals surface area contributed by atoms with Gasteiger partial charge in [-0.2, -0.15) is 0 Å². The van der Waals surface area contributed by atoms with Gasteiger partial charge in [-0.1, -0.05) is 28.1 Å². The van der Waals surface area contributed by atoms with Crippen LogP contribution >= 0.6 is 15.9 Å². The number of esters is 1. The largest absolute Gasteiger partial charge is 0.469 e. The van der Waals surface area contributed by atoms with Crippen molar-refractivity contribution in [2.24, 2.45) is 5.92 Å². The van der Waals surface area contributed by atoms with Crippen molar-refractivity contribution in [1.82, 2.24) is 4.90 Å². The predicted octanol–water partition coefficient (Wildman–Crippen LogP) is 2.87. The van der Waals surface area contributed by atoms with Crippen molar-refractivity contribution in [3.05, 3.63) is 40.4 Å². The number of likely N-dealkylation sites (tertiary alicyclic amines) is 1. The minimum Gasteiger partial charge on any atom is -0.469 e. The van der Waals surface area contributed by atoms with Gasteiger partial charge in [-0.3, -0.25) is 9.59 Å². The molecule has 0 unspecified atom stereocenters. The van der Waals surface area contributed by atoms with Crippen molar-refractivity contribution in [3.63, 3.8) is 0 Å². The van der Waals surface area contributed by atoms with E-state index in [-0.39, 0.29) is 17.8 Å². The Balaban J connectivity index is 1.96. The highest BCUT2D eigenvalue weighted by Gasteiger charge is 2.27. The molecule has 1 fully saturated rings. The van der Waals surface area contributed by atoms with Crippen LogP contribution in [0.25, 0.3) is 6.08 Å². The molecule has 1 aromatic rings. The van der Waals surface area contributed by atoms with E-state index in [4.69, 9.17) is 4.74 Å². The molecule has 4 nitrogen and oxygen atoms in total. The Hall–Kier alpha value is -1.62. The average Bonchev–Trinajstić information content (AvgIpc) is 2.53. The lowest BCUT2D eigenvalue weighted by Gasteiger charge is -2.30. The smallest absolute Gasteiger partial charge is 0.310 e. The van der Waals surface area contributed by atoms with E-state index in [1.54, 1.807) is 17.1 Å². The molecule has 0 spiro atoms. The van der Waals surface area contributed by atoms with Crippen molar-refractivity contribution >= 4 is 33.9 Å². The Morgan fingerprint density at radius 3 is 2.71 bits per heavy atom. The molecule has 5 heteroatoms. The van der Waals surface area contributed by atoms with Crippen LogP contribution in [-0.4, -0.2) is 37.0 Å². The monoisotopic (exact) mass is 351 g/mol. The second-order valence-corrected chi connectivity index (χ2v) is 5.95. The quantitative estimate of drug-likeness (QED) is 0.621. The predicted molar refractivity (Wildman–Crippen MR) is 84.5 cm³/mol. The van der Waals surface area contributed by atoms with E-state index in [1.165, 1.54) is 7.11 Å². The van der Waals surface area contributed by atoms with Gasteiger partial charge in [0.05, 0.1) is 13.0 Å². The summed E-state index contributed by atoms with van der Waals surface area (Å²) >= 11 is 3.37. The Morgan fingerprint density at radius 2 is 2.05 bits per heavy atom. The van der Waals surface area contributed by atoms with Crippen molar-refractivity contribution < 1.29 is 14.3 Å². The highest BCUT2D eigenvalue weighted by molar-refractivity contribution is 9.10. The number of ether oxygens (including phenoxy) is 1. The summed E-state index contributed by atoms with van der Waals surface area (Å²) < 4.78 is 5.76. The second-order valence-electron chi connectivity index (χ2n) is 5.03. The molecule has 1 aromatic carbocycles. The minimum absolute atomic E-state index is 0.0634. The number of piperidine rings is 1.